The summed E-state index contributed by atoms with van der Waals surface area (Å²) in [4.78, 5) is 12.1. The Hall–Kier alpha value is -0.810. The average molecular weight is 301 g/mol. The molecule has 0 saturated heterocycles. The fourth-order valence-corrected chi connectivity index (χ4v) is 2.26. The molecule has 1 atom stereocenters. The smallest absolute Gasteiger partial charge is 0.268 e. The van der Waals surface area contributed by atoms with Gasteiger partial charge in [0.25, 0.3) is 5.91 Å². The number of carbonyl (C=O) groups is 1. The minimum atomic E-state index is -0.163. The van der Waals surface area contributed by atoms with Crippen LogP contribution >= 0.6 is 15.9 Å². The number of hydrogen-bond donors (Lipinski definition) is 2. The zero-order valence-electron chi connectivity index (χ0n) is 9.82. The minimum absolute atomic E-state index is 0.0203. The molecule has 2 N–H and O–H groups in total. The molecule has 1 saturated carbocycles. The molecule has 2 rings (SSSR count). The first-order chi connectivity index (χ1) is 8.15. The third-order valence-electron chi connectivity index (χ3n) is 3.04. The second kappa shape index (κ2) is 5.23. The zero-order valence-corrected chi connectivity index (χ0v) is 11.4. The van der Waals surface area contributed by atoms with E-state index in [4.69, 9.17) is 5.11 Å². The van der Waals surface area contributed by atoms with Crippen molar-refractivity contribution in [1.82, 2.24) is 9.88 Å². The molecule has 1 amide bonds. The third kappa shape index (κ3) is 2.90. The maximum atomic E-state index is 12.1. The zero-order chi connectivity index (χ0) is 12.4. The molecule has 5 heteroatoms. The van der Waals surface area contributed by atoms with Crippen molar-refractivity contribution in [2.75, 3.05) is 6.61 Å². The molecule has 94 valence electrons. The number of nitrogens with one attached hydrogen (secondary N) is 1. The van der Waals surface area contributed by atoms with Crippen LogP contribution in [0.2, 0.25) is 0 Å². The predicted molar refractivity (Wildman–Crippen MR) is 69.0 cm³/mol. The lowest BCUT2D eigenvalue weighted by atomic mass is 10.2. The molecule has 4 nitrogen and oxygen atoms in total. The summed E-state index contributed by atoms with van der Waals surface area (Å²) >= 11 is 3.40. The molecule has 1 aliphatic carbocycles. The van der Waals surface area contributed by atoms with Crippen molar-refractivity contribution < 1.29 is 9.90 Å². The van der Waals surface area contributed by atoms with E-state index >= 15 is 0 Å². The predicted octanol–water partition coefficient (Wildman–Crippen LogP) is 2.09. The largest absolute Gasteiger partial charge is 0.394 e. The van der Waals surface area contributed by atoms with E-state index in [-0.39, 0.29) is 18.6 Å². The first kappa shape index (κ1) is 12.6. The van der Waals surface area contributed by atoms with Crippen molar-refractivity contribution in [1.29, 1.82) is 0 Å². The van der Waals surface area contributed by atoms with Gasteiger partial charge in [0.05, 0.1) is 12.6 Å². The summed E-state index contributed by atoms with van der Waals surface area (Å²) in [6.07, 6.45) is 4.96. The lowest BCUT2D eigenvalue weighted by molar-refractivity contribution is 0.0905. The molecule has 1 aromatic rings. The van der Waals surface area contributed by atoms with E-state index in [0.717, 1.165) is 23.7 Å². The molecule has 0 aliphatic heterocycles. The molecule has 0 bridgehead atoms. The highest BCUT2D eigenvalue weighted by atomic mass is 79.9. The molecule has 0 spiro atoms. The number of amides is 1. The Kier molecular flexibility index (Phi) is 3.89. The molecule has 0 radical (unpaired) electrons. The average Bonchev–Trinajstić information content (AvgIpc) is 3.09. The van der Waals surface area contributed by atoms with Crippen molar-refractivity contribution in [3.05, 3.63) is 22.4 Å². The first-order valence-electron chi connectivity index (χ1n) is 5.94. The van der Waals surface area contributed by atoms with Gasteiger partial charge in [-0.25, -0.2) is 0 Å². The van der Waals surface area contributed by atoms with Gasteiger partial charge < -0.3 is 15.0 Å². The number of aliphatic hydroxyl groups is 1. The Morgan fingerprint density at radius 3 is 2.94 bits per heavy atom. The number of rotatable bonds is 5. The van der Waals surface area contributed by atoms with Crippen LogP contribution in [0, 0.1) is 0 Å². The minimum Gasteiger partial charge on any atom is -0.394 e. The second-order valence-corrected chi connectivity index (χ2v) is 5.36. The third-order valence-corrected chi connectivity index (χ3v) is 3.47. The molecule has 17 heavy (non-hydrogen) atoms. The van der Waals surface area contributed by atoms with Gasteiger partial charge in [0.15, 0.2) is 0 Å². The van der Waals surface area contributed by atoms with Crippen molar-refractivity contribution in [2.45, 2.75) is 38.3 Å². The number of nitrogens with zero attached hydrogens (tertiary/aromatic N) is 1. The summed E-state index contributed by atoms with van der Waals surface area (Å²) in [5, 5.41) is 11.9. The van der Waals surface area contributed by atoms with Gasteiger partial charge in [-0.05, 0) is 41.3 Å². The highest BCUT2D eigenvalue weighted by Gasteiger charge is 2.28. The summed E-state index contributed by atoms with van der Waals surface area (Å²) in [7, 11) is 0. The van der Waals surface area contributed by atoms with Crippen LogP contribution in [0.5, 0.6) is 0 Å². The quantitative estimate of drug-likeness (QED) is 0.875. The van der Waals surface area contributed by atoms with Gasteiger partial charge in [-0.15, -0.1) is 0 Å². The van der Waals surface area contributed by atoms with Crippen LogP contribution in [0.25, 0.3) is 0 Å². The fourth-order valence-electron chi connectivity index (χ4n) is 1.82. The van der Waals surface area contributed by atoms with E-state index in [0.29, 0.717) is 11.7 Å². The topological polar surface area (TPSA) is 54.3 Å². The summed E-state index contributed by atoms with van der Waals surface area (Å²) in [6.45, 7) is 1.92. The van der Waals surface area contributed by atoms with Gasteiger partial charge in [0, 0.05) is 16.7 Å². The first-order valence-corrected chi connectivity index (χ1v) is 6.74. The van der Waals surface area contributed by atoms with Crippen LogP contribution in [-0.2, 0) is 0 Å². The number of aromatic nitrogens is 1. The van der Waals surface area contributed by atoms with Crippen molar-refractivity contribution in [2.24, 2.45) is 0 Å². The van der Waals surface area contributed by atoms with Crippen molar-refractivity contribution in [3.63, 3.8) is 0 Å². The molecular formula is C12H17BrN2O2. The van der Waals surface area contributed by atoms with Crippen LogP contribution in [0.3, 0.4) is 0 Å². The molecule has 1 unspecified atom stereocenters. The van der Waals surface area contributed by atoms with Gasteiger partial charge in [-0.2, -0.15) is 0 Å². The maximum absolute atomic E-state index is 12.1. The van der Waals surface area contributed by atoms with E-state index in [1.807, 2.05) is 23.8 Å². The SMILES string of the molecule is CCC(CO)NC(=O)c1cc(Br)cn1C1CC1. The monoisotopic (exact) mass is 300 g/mol. The molecule has 1 heterocycles. The van der Waals surface area contributed by atoms with Crippen molar-refractivity contribution in [3.8, 4) is 0 Å². The van der Waals surface area contributed by atoms with E-state index in [1.165, 1.54) is 0 Å². The number of halogens is 1. The maximum Gasteiger partial charge on any atom is 0.268 e. The Balaban J connectivity index is 2.12. The summed E-state index contributed by atoms with van der Waals surface area (Å²) in [5.74, 6) is -0.108. The normalized spacial score (nSPS) is 16.9. The van der Waals surface area contributed by atoms with E-state index in [2.05, 4.69) is 21.2 Å². The van der Waals surface area contributed by atoms with E-state index in [9.17, 15) is 4.79 Å². The lowest BCUT2D eigenvalue weighted by Crippen LogP contribution is -2.37. The molecule has 1 fully saturated rings. The Morgan fingerprint density at radius 2 is 2.41 bits per heavy atom. The Morgan fingerprint density at radius 1 is 1.71 bits per heavy atom. The second-order valence-electron chi connectivity index (χ2n) is 4.44. The summed E-state index contributed by atoms with van der Waals surface area (Å²) < 4.78 is 2.94. The molecule has 0 aromatic carbocycles. The Bertz CT molecular complexity index is 409. The van der Waals surface area contributed by atoms with Gasteiger partial charge in [-0.3, -0.25) is 4.79 Å². The van der Waals surface area contributed by atoms with E-state index in [1.54, 1.807) is 0 Å². The van der Waals surface area contributed by atoms with E-state index < -0.39 is 0 Å². The van der Waals surface area contributed by atoms with Crippen LogP contribution in [0.15, 0.2) is 16.7 Å². The lowest BCUT2D eigenvalue weighted by Gasteiger charge is -2.15. The fraction of sp³-hybridized carbons (Fsp3) is 0.583. The van der Waals surface area contributed by atoms with Crippen LogP contribution in [0.4, 0.5) is 0 Å². The van der Waals surface area contributed by atoms with Gasteiger partial charge >= 0.3 is 0 Å². The standard InChI is InChI=1S/C12H17BrN2O2/c1-2-9(7-16)14-12(17)11-5-8(13)6-15(11)10-3-4-10/h5-6,9-10,16H,2-4,7H2,1H3,(H,14,17). The summed E-state index contributed by atoms with van der Waals surface area (Å²) in [5.41, 5.74) is 0.672. The number of carbonyl (C=O) groups excluding carboxylic acids is 1. The van der Waals surface area contributed by atoms with Crippen LogP contribution in [-0.4, -0.2) is 28.2 Å². The summed E-state index contributed by atoms with van der Waals surface area (Å²) in [6, 6.07) is 2.14. The molecular weight excluding hydrogens is 284 g/mol. The Labute approximate surface area is 109 Å². The molecule has 1 aromatic heterocycles. The highest BCUT2D eigenvalue weighted by molar-refractivity contribution is 9.10. The van der Waals surface area contributed by atoms with Crippen LogP contribution < -0.4 is 5.32 Å². The number of hydrogen-bond acceptors (Lipinski definition) is 2. The van der Waals surface area contributed by atoms with Gasteiger partial charge in [0.1, 0.15) is 5.69 Å². The molecule has 1 aliphatic rings. The number of aliphatic hydroxyl groups excluding tert-OH is 1. The van der Waals surface area contributed by atoms with Crippen molar-refractivity contribution >= 4 is 21.8 Å². The van der Waals surface area contributed by atoms with Gasteiger partial charge in [-0.1, -0.05) is 6.92 Å². The van der Waals surface area contributed by atoms with Crippen LogP contribution in [0.1, 0.15) is 42.7 Å². The van der Waals surface area contributed by atoms with Gasteiger partial charge in [0.2, 0.25) is 0 Å². The highest BCUT2D eigenvalue weighted by Crippen LogP contribution is 2.37.